The predicted molar refractivity (Wildman–Crippen MR) is 39.6 cm³/mol. The first-order valence-electron chi connectivity index (χ1n) is 3.13. The molecule has 0 aromatic heterocycles. The molecule has 66 valence electrons. The highest BCUT2D eigenvalue weighted by atomic mass is 28.4. The molecule has 5 heteroatoms. The molecule has 0 aromatic rings. The first-order valence-corrected chi connectivity index (χ1v) is 6.54. The number of hydrogen-bond acceptors (Lipinski definition) is 1. The molecule has 0 aliphatic carbocycles. The topological polar surface area (TPSA) is 9.23 Å². The Balaban J connectivity index is 3.80. The minimum absolute atomic E-state index is 0.102. The lowest BCUT2D eigenvalue weighted by Crippen LogP contribution is -2.22. The maximum absolute atomic E-state index is 11.5. The Hall–Kier alpha value is -0.453. The monoisotopic (exact) mass is 184 g/mol. The van der Waals surface area contributed by atoms with E-state index in [2.05, 4.69) is 0 Å². The van der Waals surface area contributed by atoms with Crippen LogP contribution in [0.3, 0.4) is 0 Å². The van der Waals surface area contributed by atoms with Crippen molar-refractivity contribution < 1.29 is 17.6 Å². The van der Waals surface area contributed by atoms with E-state index in [1.54, 1.807) is 0 Å². The van der Waals surface area contributed by atoms with Crippen molar-refractivity contribution >= 4 is 8.32 Å². The number of hydrogen-bond donors (Lipinski definition) is 0. The Morgan fingerprint density at radius 1 is 1.18 bits per heavy atom. The first kappa shape index (κ1) is 10.5. The van der Waals surface area contributed by atoms with Gasteiger partial charge >= 0.3 is 6.18 Å². The molecule has 0 heterocycles. The van der Waals surface area contributed by atoms with E-state index in [9.17, 15) is 13.2 Å². The summed E-state index contributed by atoms with van der Waals surface area (Å²) in [6.45, 7) is 5.44. The van der Waals surface area contributed by atoms with E-state index in [4.69, 9.17) is 4.43 Å². The van der Waals surface area contributed by atoms with Crippen molar-refractivity contribution in [2.24, 2.45) is 0 Å². The molecule has 0 aliphatic rings. The van der Waals surface area contributed by atoms with Crippen LogP contribution < -0.4 is 0 Å². The Kier molecular flexibility index (Phi) is 3.16. The fourth-order valence-corrected chi connectivity index (χ4v) is 0.792. The normalized spacial score (nSPS) is 14.0. The van der Waals surface area contributed by atoms with Gasteiger partial charge in [-0.05, 0) is 19.6 Å². The van der Waals surface area contributed by atoms with Crippen LogP contribution in [0, 0.1) is 0 Å². The smallest absolute Gasteiger partial charge is 0.412 e. The van der Waals surface area contributed by atoms with Crippen molar-refractivity contribution in [1.29, 1.82) is 0 Å². The molecule has 11 heavy (non-hydrogen) atoms. The number of rotatable bonds is 2. The molecule has 0 radical (unpaired) electrons. The van der Waals surface area contributed by atoms with Crippen LogP contribution in [0.5, 0.6) is 0 Å². The lowest BCUT2D eigenvalue weighted by atomic mass is 10.6. The summed E-state index contributed by atoms with van der Waals surface area (Å²) in [5.41, 5.74) is 0. The molecule has 0 N–H and O–H groups in total. The van der Waals surface area contributed by atoms with Gasteiger partial charge in [0.2, 0.25) is 8.32 Å². The summed E-state index contributed by atoms with van der Waals surface area (Å²) in [6.07, 6.45) is -3.43. The summed E-state index contributed by atoms with van der Waals surface area (Å²) < 4.78 is 39.3. The minimum atomic E-state index is -4.26. The molecular formula is C6H11F3OSi. The molecule has 0 aromatic carbocycles. The molecule has 0 unspecified atom stereocenters. The van der Waals surface area contributed by atoms with Gasteiger partial charge in [-0.3, -0.25) is 0 Å². The SMILES string of the molecule is C[Si](C)(C)OC=CC(F)(F)F. The van der Waals surface area contributed by atoms with E-state index in [1.165, 1.54) is 0 Å². The highest BCUT2D eigenvalue weighted by molar-refractivity contribution is 6.69. The molecule has 0 atom stereocenters. The van der Waals surface area contributed by atoms with E-state index in [0.717, 1.165) is 6.26 Å². The summed E-state index contributed by atoms with van der Waals surface area (Å²) in [7, 11) is -1.84. The second-order valence-corrected chi connectivity index (χ2v) is 7.54. The van der Waals surface area contributed by atoms with Crippen molar-refractivity contribution in [3.05, 3.63) is 12.3 Å². The number of allylic oxidation sites excluding steroid dienone is 1. The molecule has 0 bridgehead atoms. The van der Waals surface area contributed by atoms with Gasteiger partial charge in [-0.15, -0.1) is 0 Å². The van der Waals surface area contributed by atoms with Gasteiger partial charge in [0.15, 0.2) is 0 Å². The average molecular weight is 184 g/mol. The third-order valence-corrected chi connectivity index (χ3v) is 1.52. The summed E-state index contributed by atoms with van der Waals surface area (Å²) in [5, 5.41) is 0. The maximum Gasteiger partial charge on any atom is 0.412 e. The zero-order valence-electron chi connectivity index (χ0n) is 6.70. The van der Waals surface area contributed by atoms with Gasteiger partial charge < -0.3 is 4.43 Å². The van der Waals surface area contributed by atoms with E-state index in [0.29, 0.717) is 0 Å². The van der Waals surface area contributed by atoms with Crippen LogP contribution in [0.4, 0.5) is 13.2 Å². The Morgan fingerprint density at radius 3 is 1.91 bits per heavy atom. The molecule has 0 amide bonds. The van der Waals surface area contributed by atoms with Gasteiger partial charge in [-0.1, -0.05) is 0 Å². The molecule has 0 saturated heterocycles. The van der Waals surface area contributed by atoms with Gasteiger partial charge in [0.25, 0.3) is 0 Å². The van der Waals surface area contributed by atoms with Crippen LogP contribution in [0.25, 0.3) is 0 Å². The third kappa shape index (κ3) is 9.55. The van der Waals surface area contributed by atoms with E-state index in [1.807, 2.05) is 19.6 Å². The van der Waals surface area contributed by atoms with Crippen LogP contribution in [-0.4, -0.2) is 14.5 Å². The van der Waals surface area contributed by atoms with Crippen molar-refractivity contribution in [3.63, 3.8) is 0 Å². The lowest BCUT2D eigenvalue weighted by molar-refractivity contribution is -0.0809. The van der Waals surface area contributed by atoms with Crippen molar-refractivity contribution in [2.45, 2.75) is 25.8 Å². The van der Waals surface area contributed by atoms with Gasteiger partial charge in [0.05, 0.1) is 12.3 Å². The molecular weight excluding hydrogens is 173 g/mol. The van der Waals surface area contributed by atoms with Gasteiger partial charge in [-0.25, -0.2) is 0 Å². The molecule has 0 saturated carbocycles. The maximum atomic E-state index is 11.5. The highest BCUT2D eigenvalue weighted by Gasteiger charge is 2.23. The second kappa shape index (κ2) is 3.30. The largest absolute Gasteiger partial charge is 0.550 e. The Labute approximate surface area is 65.0 Å². The van der Waals surface area contributed by atoms with Gasteiger partial charge in [0.1, 0.15) is 0 Å². The zero-order chi connectivity index (χ0) is 9.12. The Morgan fingerprint density at radius 2 is 1.64 bits per heavy atom. The zero-order valence-corrected chi connectivity index (χ0v) is 7.70. The fraction of sp³-hybridized carbons (Fsp3) is 0.667. The summed E-state index contributed by atoms with van der Waals surface area (Å²) in [4.78, 5) is 0. The molecule has 0 spiro atoms. The van der Waals surface area contributed by atoms with Crippen molar-refractivity contribution in [3.8, 4) is 0 Å². The van der Waals surface area contributed by atoms with E-state index in [-0.39, 0.29) is 6.08 Å². The minimum Gasteiger partial charge on any atom is -0.550 e. The third-order valence-electron chi connectivity index (χ3n) is 0.679. The molecule has 1 nitrogen and oxygen atoms in total. The summed E-state index contributed by atoms with van der Waals surface area (Å²) in [5.74, 6) is 0. The molecule has 0 fully saturated rings. The first-order chi connectivity index (χ1) is 4.71. The van der Waals surface area contributed by atoms with Crippen LogP contribution in [0.15, 0.2) is 12.3 Å². The fourth-order valence-electron chi connectivity index (χ4n) is 0.315. The van der Waals surface area contributed by atoms with E-state index >= 15 is 0 Å². The van der Waals surface area contributed by atoms with Crippen LogP contribution in [0.1, 0.15) is 0 Å². The van der Waals surface area contributed by atoms with Crippen LogP contribution in [0.2, 0.25) is 19.6 Å². The highest BCUT2D eigenvalue weighted by Crippen LogP contribution is 2.16. The second-order valence-electron chi connectivity index (χ2n) is 3.07. The molecule has 0 rings (SSSR count). The van der Waals surface area contributed by atoms with Crippen LogP contribution >= 0.6 is 0 Å². The van der Waals surface area contributed by atoms with E-state index < -0.39 is 14.5 Å². The summed E-state index contributed by atoms with van der Waals surface area (Å²) >= 11 is 0. The van der Waals surface area contributed by atoms with Crippen molar-refractivity contribution in [1.82, 2.24) is 0 Å². The van der Waals surface area contributed by atoms with Crippen LogP contribution in [-0.2, 0) is 4.43 Å². The Bertz CT molecular complexity index is 145. The van der Waals surface area contributed by atoms with Crippen molar-refractivity contribution in [2.75, 3.05) is 0 Å². The quantitative estimate of drug-likeness (QED) is 0.473. The van der Waals surface area contributed by atoms with Gasteiger partial charge in [0, 0.05) is 0 Å². The number of alkyl halides is 3. The summed E-state index contributed by atoms with van der Waals surface area (Å²) in [6, 6.07) is 0. The average Bonchev–Trinajstić information content (AvgIpc) is 1.55. The predicted octanol–water partition coefficient (Wildman–Crippen LogP) is 2.91. The lowest BCUT2D eigenvalue weighted by Gasteiger charge is -2.14. The standard InChI is InChI=1S/C6H11F3OSi/c1-11(2,3)10-5-4-6(7,8)9/h4-5H,1-3H3. The van der Waals surface area contributed by atoms with Gasteiger partial charge in [-0.2, -0.15) is 13.2 Å². The number of halogens is 3. The molecule has 0 aliphatic heterocycles.